The summed E-state index contributed by atoms with van der Waals surface area (Å²) in [7, 11) is 1.86. The van der Waals surface area contributed by atoms with E-state index in [1.165, 1.54) is 75.4 Å². The van der Waals surface area contributed by atoms with Crippen LogP contribution in [0.4, 0.5) is 0 Å². The van der Waals surface area contributed by atoms with Crippen molar-refractivity contribution in [1.29, 1.82) is 0 Å². The number of rotatable bonds is 6. The second kappa shape index (κ2) is 22.5. The van der Waals surface area contributed by atoms with Gasteiger partial charge in [0, 0.05) is 46.9 Å². The van der Waals surface area contributed by atoms with Crippen LogP contribution >= 0.6 is 15.8 Å². The van der Waals surface area contributed by atoms with Crippen molar-refractivity contribution in [2.24, 2.45) is 14.1 Å². The van der Waals surface area contributed by atoms with Crippen LogP contribution < -0.4 is 31.8 Å². The van der Waals surface area contributed by atoms with Gasteiger partial charge in [0.1, 0.15) is 47.7 Å². The molecule has 11 aromatic rings. The first-order valence-corrected chi connectivity index (χ1v) is 24.4. The molecule has 2 heterocycles. The first-order valence-electron chi connectivity index (χ1n) is 21.4. The number of hydrogen-bond acceptors (Lipinski definition) is 0. The van der Waals surface area contributed by atoms with E-state index in [0.717, 1.165) is 11.1 Å². The van der Waals surface area contributed by atoms with Gasteiger partial charge in [-0.2, -0.15) is 0 Å². The number of benzene rings is 9. The third kappa shape index (κ3) is 10.1. The Balaban J connectivity index is 0.000000160. The van der Waals surface area contributed by atoms with Crippen molar-refractivity contribution in [3.05, 3.63) is 254 Å². The number of aromatic nitrogens is 2. The van der Waals surface area contributed by atoms with Gasteiger partial charge in [0.05, 0.1) is 0 Å². The SMILES string of the molecule is [Au+].[Au+].[C-]#Cc1ccc2c(c1)c1ccccc1n2C.[C-]#Cc1ccc2c(c1)c1ccccc1n2C.c1ccc([PH+](c2ccccc2)c2ccccc2[PH+](c2ccccc2)c2ccccc2)cc1. The van der Waals surface area contributed by atoms with Crippen LogP contribution in [0.25, 0.3) is 43.6 Å². The first-order chi connectivity index (χ1) is 31.5. The predicted molar refractivity (Wildman–Crippen MR) is 280 cm³/mol. The fraction of sp³-hybridized carbons (Fsp3) is 0.0333. The summed E-state index contributed by atoms with van der Waals surface area (Å²) < 4.78 is 4.36. The Morgan fingerprint density at radius 1 is 0.318 bits per heavy atom. The average molecular weight is 1250 g/mol. The zero-order valence-corrected chi connectivity index (χ0v) is 42.8. The van der Waals surface area contributed by atoms with E-state index >= 15 is 0 Å². The standard InChI is InChI=1S/C30H24P2.2C15H10N.2Au/c1-5-15-25(16-6-1)31(26-17-7-2-8-18-26)29-23-13-14-24-30(29)32(27-19-9-3-10-20-27)28-21-11-4-12-22-28;2*1-3-11-8-9-15-13(10-11)12-6-4-5-7-14(12)16(15)2;;/h1-24H;2*4-10H,2H3;;/q;2*-1;2*+1/p+2. The second-order valence-electron chi connectivity index (χ2n) is 15.6. The number of fused-ring (bicyclic) bond motifs is 6. The maximum Gasteiger partial charge on any atom is 1.00 e. The van der Waals surface area contributed by atoms with Crippen LogP contribution in [0, 0.1) is 24.7 Å². The molecule has 11 rings (SSSR count). The molecule has 0 fully saturated rings. The van der Waals surface area contributed by atoms with Crippen molar-refractivity contribution >= 4 is 91.3 Å². The summed E-state index contributed by atoms with van der Waals surface area (Å²) >= 11 is 0. The molecule has 0 aliphatic heterocycles. The summed E-state index contributed by atoms with van der Waals surface area (Å²) in [6.45, 7) is 0. The number of para-hydroxylation sites is 2. The van der Waals surface area contributed by atoms with Gasteiger partial charge in [-0.3, -0.25) is 11.8 Å². The van der Waals surface area contributed by atoms with E-state index in [1.807, 2.05) is 60.7 Å². The average Bonchev–Trinajstić information content (AvgIpc) is 3.82. The van der Waals surface area contributed by atoms with E-state index in [1.54, 1.807) is 0 Å². The smallest absolute Gasteiger partial charge is 0.366 e. The first kappa shape index (κ1) is 48.0. The quantitative estimate of drug-likeness (QED) is 0.0680. The normalized spacial score (nSPS) is 10.6. The van der Waals surface area contributed by atoms with Gasteiger partial charge in [0.15, 0.2) is 0 Å². The van der Waals surface area contributed by atoms with Crippen molar-refractivity contribution in [2.45, 2.75) is 0 Å². The van der Waals surface area contributed by atoms with E-state index in [0.29, 0.717) is 0 Å². The van der Waals surface area contributed by atoms with E-state index in [-0.39, 0.29) is 44.8 Å². The van der Waals surface area contributed by atoms with Gasteiger partial charge in [0.2, 0.25) is 0 Å². The van der Waals surface area contributed by atoms with E-state index < -0.39 is 15.8 Å². The summed E-state index contributed by atoms with van der Waals surface area (Å²) in [6, 6.07) is 82.0. The second-order valence-corrected chi connectivity index (χ2v) is 20.5. The zero-order chi connectivity index (χ0) is 43.8. The molecule has 0 saturated carbocycles. The van der Waals surface area contributed by atoms with Crippen molar-refractivity contribution < 1.29 is 44.8 Å². The van der Waals surface area contributed by atoms with E-state index in [4.69, 9.17) is 12.8 Å². The monoisotopic (exact) mass is 1250 g/mol. The van der Waals surface area contributed by atoms with Gasteiger partial charge in [0.25, 0.3) is 0 Å². The van der Waals surface area contributed by atoms with Gasteiger partial charge in [-0.25, -0.2) is 0 Å². The van der Waals surface area contributed by atoms with Gasteiger partial charge in [-0.15, -0.1) is 35.4 Å². The minimum absolute atomic E-state index is 0. The van der Waals surface area contributed by atoms with Crippen molar-refractivity contribution in [1.82, 2.24) is 9.13 Å². The molecule has 0 unspecified atom stereocenters. The van der Waals surface area contributed by atoms with Crippen LogP contribution in [-0.4, -0.2) is 9.13 Å². The van der Waals surface area contributed by atoms with Crippen LogP contribution in [0.5, 0.6) is 0 Å². The fourth-order valence-corrected chi connectivity index (χ4v) is 14.8. The molecule has 0 atom stereocenters. The minimum Gasteiger partial charge on any atom is -0.366 e. The number of aryl methyl sites for hydroxylation is 2. The fourth-order valence-electron chi connectivity index (χ4n) is 8.79. The predicted octanol–water partition coefficient (Wildman–Crippen LogP) is 11.2. The Kier molecular flexibility index (Phi) is 16.4. The Labute approximate surface area is 422 Å². The molecule has 0 radical (unpaired) electrons. The van der Waals surface area contributed by atoms with Crippen LogP contribution in [0.2, 0.25) is 0 Å². The third-order valence-corrected chi connectivity index (χ3v) is 17.7. The van der Waals surface area contributed by atoms with Gasteiger partial charge in [-0.1, -0.05) is 133 Å². The Morgan fingerprint density at radius 3 is 0.909 bits per heavy atom. The van der Waals surface area contributed by atoms with Crippen molar-refractivity contribution in [2.75, 3.05) is 0 Å². The number of nitrogens with zero attached hydrogens (tertiary/aromatic N) is 2. The molecule has 2 aromatic heterocycles. The molecule has 326 valence electrons. The molecule has 0 spiro atoms. The molecule has 0 aliphatic carbocycles. The summed E-state index contributed by atoms with van der Waals surface area (Å²) in [5, 5.41) is 13.6. The van der Waals surface area contributed by atoms with Crippen LogP contribution in [0.1, 0.15) is 11.1 Å². The van der Waals surface area contributed by atoms with Crippen LogP contribution in [0.3, 0.4) is 0 Å². The van der Waals surface area contributed by atoms with Crippen molar-refractivity contribution in [3.63, 3.8) is 0 Å². The molecular formula is C60H46Au2N2P2+2. The summed E-state index contributed by atoms with van der Waals surface area (Å²) in [5.74, 6) is 4.87. The molecular weight excluding hydrogens is 1200 g/mol. The maximum atomic E-state index is 7.18. The van der Waals surface area contributed by atoms with Gasteiger partial charge < -0.3 is 22.0 Å². The summed E-state index contributed by atoms with van der Waals surface area (Å²) in [5.41, 5.74) is 6.48. The summed E-state index contributed by atoms with van der Waals surface area (Å²) in [4.78, 5) is 0. The van der Waals surface area contributed by atoms with E-state index in [2.05, 4.69) is 205 Å². The number of hydrogen-bond donors (Lipinski definition) is 0. The topological polar surface area (TPSA) is 9.86 Å². The Bertz CT molecular complexity index is 3130. The molecule has 2 nitrogen and oxygen atoms in total. The molecule has 66 heavy (non-hydrogen) atoms. The van der Waals surface area contributed by atoms with E-state index in [9.17, 15) is 0 Å². The summed E-state index contributed by atoms with van der Waals surface area (Å²) in [6.07, 6.45) is 14.4. The third-order valence-electron chi connectivity index (χ3n) is 11.8. The Hall–Kier alpha value is -5.96. The van der Waals surface area contributed by atoms with Crippen molar-refractivity contribution in [3.8, 4) is 11.8 Å². The minimum atomic E-state index is -1.14. The molecule has 6 heteroatoms. The Morgan fingerprint density at radius 2 is 0.591 bits per heavy atom. The van der Waals surface area contributed by atoms with Crippen LogP contribution in [0.15, 0.2) is 231 Å². The van der Waals surface area contributed by atoms with Gasteiger partial charge >= 0.3 is 44.8 Å². The maximum absolute atomic E-state index is 7.18. The molecule has 0 saturated heterocycles. The zero-order valence-electron chi connectivity index (χ0n) is 36.4. The molecule has 0 N–H and O–H groups in total. The van der Waals surface area contributed by atoms with Gasteiger partial charge in [-0.05, 0) is 83.6 Å². The molecule has 0 amide bonds. The van der Waals surface area contributed by atoms with Crippen LogP contribution in [-0.2, 0) is 58.9 Å². The molecule has 9 aromatic carbocycles. The molecule has 0 aliphatic rings. The largest absolute Gasteiger partial charge is 1.00 e. The molecule has 0 bridgehead atoms.